The van der Waals surface area contributed by atoms with Crippen LogP contribution in [-0.4, -0.2) is 58.5 Å². The molecule has 0 saturated heterocycles. The molecule has 0 aromatic carbocycles. The van der Waals surface area contributed by atoms with Crippen LogP contribution < -0.4 is 0 Å². The van der Waals surface area contributed by atoms with Gasteiger partial charge in [-0.15, -0.1) is 0 Å². The molecule has 0 saturated carbocycles. The molecule has 0 fully saturated rings. The molecule has 0 atom stereocenters. The van der Waals surface area contributed by atoms with Crippen molar-refractivity contribution in [1.29, 1.82) is 0 Å². The van der Waals surface area contributed by atoms with Crippen molar-refractivity contribution in [2.75, 3.05) is 40.1 Å². The van der Waals surface area contributed by atoms with E-state index in [-0.39, 0.29) is 0 Å². The standard InChI is InChI=1S/C8H17O3.2C4H9.C3H5.Sn/c1-3-4-10-7-8-11-6-5-9-2;2*1-3-4-2;1-3-2;/h1,3-8H2,2H3;2*1,3-4H2,2H3;3H,1-2H2;. The molecule has 0 aromatic heterocycles. The summed E-state index contributed by atoms with van der Waals surface area (Å²) in [6, 6.07) is 0. The quantitative estimate of drug-likeness (QED) is 0.166. The molecule has 0 heterocycles. The van der Waals surface area contributed by atoms with Crippen LogP contribution in [0.2, 0.25) is 17.7 Å². The third-order valence-electron chi connectivity index (χ3n) is 4.50. The van der Waals surface area contributed by atoms with Crippen LogP contribution in [0.3, 0.4) is 0 Å². The van der Waals surface area contributed by atoms with Crippen molar-refractivity contribution >= 4 is 18.4 Å². The minimum absolute atomic E-state index is 0.660. The van der Waals surface area contributed by atoms with E-state index in [4.69, 9.17) is 14.2 Å². The molecule has 0 N–H and O–H groups in total. The van der Waals surface area contributed by atoms with Crippen molar-refractivity contribution in [3.8, 4) is 0 Å². The number of ether oxygens (including phenoxy) is 3. The molecule has 0 unspecified atom stereocenters. The first-order valence-corrected chi connectivity index (χ1v) is 17.6. The van der Waals surface area contributed by atoms with Gasteiger partial charge in [0.2, 0.25) is 0 Å². The van der Waals surface area contributed by atoms with E-state index in [9.17, 15) is 0 Å². The van der Waals surface area contributed by atoms with Crippen molar-refractivity contribution in [2.24, 2.45) is 0 Å². The summed E-state index contributed by atoms with van der Waals surface area (Å²) in [5.74, 6) is 0. The molecule has 3 nitrogen and oxygen atoms in total. The summed E-state index contributed by atoms with van der Waals surface area (Å²) in [7, 11) is 1.69. The van der Waals surface area contributed by atoms with Crippen LogP contribution >= 0.6 is 0 Å². The average molecular weight is 435 g/mol. The minimum atomic E-state index is -2.00. The van der Waals surface area contributed by atoms with Crippen LogP contribution in [0, 0.1) is 0 Å². The van der Waals surface area contributed by atoms with E-state index < -0.39 is 18.4 Å². The molecule has 0 radical (unpaired) electrons. The molecule has 0 spiro atoms. The summed E-state index contributed by atoms with van der Waals surface area (Å²) in [6.45, 7) is 12.3. The van der Waals surface area contributed by atoms with Crippen LogP contribution in [0.15, 0.2) is 12.7 Å². The average Bonchev–Trinajstić information content (AvgIpc) is 2.56. The van der Waals surface area contributed by atoms with Crippen molar-refractivity contribution in [3.63, 3.8) is 0 Å². The van der Waals surface area contributed by atoms with Gasteiger partial charge in [0.1, 0.15) is 0 Å². The Balaban J connectivity index is 3.99. The molecule has 0 rings (SSSR count). The fourth-order valence-electron chi connectivity index (χ4n) is 3.10. The van der Waals surface area contributed by atoms with Gasteiger partial charge in [0.25, 0.3) is 0 Å². The molecule has 0 aliphatic carbocycles. The van der Waals surface area contributed by atoms with Gasteiger partial charge >= 0.3 is 149 Å². The third-order valence-corrected chi connectivity index (χ3v) is 19.9. The number of hydrogen-bond donors (Lipinski definition) is 0. The van der Waals surface area contributed by atoms with Crippen LogP contribution in [0.5, 0.6) is 0 Å². The molecule has 0 aliphatic heterocycles. The number of rotatable bonds is 18. The van der Waals surface area contributed by atoms with Crippen molar-refractivity contribution < 1.29 is 14.2 Å². The molecule has 23 heavy (non-hydrogen) atoms. The molecular formula is C19H40O3Sn. The van der Waals surface area contributed by atoms with Gasteiger partial charge in [0.15, 0.2) is 0 Å². The van der Waals surface area contributed by atoms with E-state index in [0.717, 1.165) is 6.61 Å². The van der Waals surface area contributed by atoms with Gasteiger partial charge in [-0.2, -0.15) is 0 Å². The van der Waals surface area contributed by atoms with Gasteiger partial charge in [-0.1, -0.05) is 0 Å². The zero-order valence-electron chi connectivity index (χ0n) is 15.9. The normalized spacial score (nSPS) is 11.8. The molecule has 0 aromatic rings. The van der Waals surface area contributed by atoms with Gasteiger partial charge in [-0.25, -0.2) is 0 Å². The fourth-order valence-corrected chi connectivity index (χ4v) is 17.6. The number of unbranched alkanes of at least 4 members (excludes halogenated alkanes) is 2. The fraction of sp³-hybridized carbons (Fsp3) is 0.895. The number of hydrogen-bond acceptors (Lipinski definition) is 3. The molecule has 0 bridgehead atoms. The Morgan fingerprint density at radius 1 is 0.783 bits per heavy atom. The second-order valence-corrected chi connectivity index (χ2v) is 20.5. The van der Waals surface area contributed by atoms with Crippen LogP contribution in [0.4, 0.5) is 0 Å². The van der Waals surface area contributed by atoms with E-state index >= 15 is 0 Å². The first-order valence-electron chi connectivity index (χ1n) is 9.50. The molecule has 0 amide bonds. The van der Waals surface area contributed by atoms with Crippen LogP contribution in [-0.2, 0) is 14.2 Å². The zero-order valence-corrected chi connectivity index (χ0v) is 18.8. The second-order valence-electron chi connectivity index (χ2n) is 6.52. The first kappa shape index (κ1) is 23.4. The Labute approximate surface area is 149 Å². The Bertz CT molecular complexity index is 251. The Morgan fingerprint density at radius 3 is 1.83 bits per heavy atom. The van der Waals surface area contributed by atoms with Crippen molar-refractivity contribution in [2.45, 2.75) is 63.7 Å². The van der Waals surface area contributed by atoms with Gasteiger partial charge in [0, 0.05) is 0 Å². The van der Waals surface area contributed by atoms with Gasteiger partial charge in [-0.05, 0) is 0 Å². The van der Waals surface area contributed by atoms with E-state index in [2.05, 4.69) is 26.5 Å². The maximum absolute atomic E-state index is 5.74. The third kappa shape index (κ3) is 13.4. The summed E-state index contributed by atoms with van der Waals surface area (Å²) in [4.78, 5) is 0. The van der Waals surface area contributed by atoms with Gasteiger partial charge in [0.05, 0.1) is 0 Å². The van der Waals surface area contributed by atoms with Crippen molar-refractivity contribution in [3.05, 3.63) is 12.7 Å². The predicted molar refractivity (Wildman–Crippen MR) is 103 cm³/mol. The molecule has 4 heteroatoms. The summed E-state index contributed by atoms with van der Waals surface area (Å²) < 4.78 is 22.0. The number of allylic oxidation sites excluding steroid dienone is 1. The zero-order chi connectivity index (χ0) is 17.2. The molecule has 0 aliphatic rings. The summed E-state index contributed by atoms with van der Waals surface area (Å²) in [6.07, 6.45) is 8.94. The van der Waals surface area contributed by atoms with Gasteiger partial charge in [-0.3, -0.25) is 0 Å². The summed E-state index contributed by atoms with van der Waals surface area (Å²) in [5.41, 5.74) is 0. The molecular weight excluding hydrogens is 395 g/mol. The van der Waals surface area contributed by atoms with E-state index in [0.29, 0.717) is 26.4 Å². The number of methoxy groups -OCH3 is 1. The van der Waals surface area contributed by atoms with E-state index in [1.54, 1.807) is 7.11 Å². The Hall–Kier alpha value is 0.419. The van der Waals surface area contributed by atoms with Crippen LogP contribution in [0.1, 0.15) is 46.0 Å². The van der Waals surface area contributed by atoms with Crippen LogP contribution in [0.25, 0.3) is 0 Å². The van der Waals surface area contributed by atoms with E-state index in [1.807, 2.05) is 0 Å². The van der Waals surface area contributed by atoms with Crippen molar-refractivity contribution in [1.82, 2.24) is 0 Å². The Morgan fingerprint density at radius 2 is 1.30 bits per heavy atom. The monoisotopic (exact) mass is 436 g/mol. The first-order chi connectivity index (χ1) is 11.2. The predicted octanol–water partition coefficient (Wildman–Crippen LogP) is 5.29. The topological polar surface area (TPSA) is 27.7 Å². The maximum atomic E-state index is 5.74. The van der Waals surface area contributed by atoms with Gasteiger partial charge < -0.3 is 0 Å². The summed E-state index contributed by atoms with van der Waals surface area (Å²) in [5, 5.41) is 0. The van der Waals surface area contributed by atoms with E-state index in [1.165, 1.54) is 49.9 Å². The Kier molecular flexibility index (Phi) is 17.6. The second kappa shape index (κ2) is 17.2. The SMILES string of the molecule is C=C[CH2][Sn]([CH2]CCC)([CH2]CCC)[CH2]CCOCCOCCOC. The molecule has 138 valence electrons. The summed E-state index contributed by atoms with van der Waals surface area (Å²) >= 11 is -2.00.